The molecule has 0 amide bonds. The largest absolute Gasteiger partial charge is 0.383 e. The molecule has 0 aliphatic rings. The summed E-state index contributed by atoms with van der Waals surface area (Å²) in [7, 11) is 3.47. The molecule has 1 aromatic rings. The normalized spacial score (nSPS) is 12.1. The van der Waals surface area contributed by atoms with Gasteiger partial charge in [0.05, 0.1) is 17.9 Å². The zero-order chi connectivity index (χ0) is 14.3. The van der Waals surface area contributed by atoms with Crippen molar-refractivity contribution in [3.05, 3.63) is 17.7 Å². The maximum Gasteiger partial charge on any atom is 0.105 e. The Labute approximate surface area is 116 Å². The fraction of sp³-hybridized carbons (Fsp3) is 0.786. The highest BCUT2D eigenvalue weighted by Crippen LogP contribution is 2.16. The quantitative estimate of drug-likeness (QED) is 0.694. The molecule has 0 radical (unpaired) electrons. The lowest BCUT2D eigenvalue weighted by atomic mass is 10.1. The fourth-order valence-corrected chi connectivity index (χ4v) is 1.84. The van der Waals surface area contributed by atoms with E-state index in [2.05, 4.69) is 28.7 Å². The lowest BCUT2D eigenvalue weighted by molar-refractivity contribution is 0.0118. The predicted octanol–water partition coefficient (Wildman–Crippen LogP) is 1.74. The molecule has 1 heterocycles. The minimum Gasteiger partial charge on any atom is -0.383 e. The summed E-state index contributed by atoms with van der Waals surface area (Å²) in [6.07, 6.45) is 2.90. The highest BCUT2D eigenvalue weighted by molar-refractivity contribution is 5.04. The zero-order valence-corrected chi connectivity index (χ0v) is 12.8. The van der Waals surface area contributed by atoms with Gasteiger partial charge in [-0.25, -0.2) is 4.98 Å². The van der Waals surface area contributed by atoms with E-state index in [1.807, 2.05) is 13.1 Å². The first-order chi connectivity index (χ1) is 9.00. The van der Waals surface area contributed by atoms with E-state index in [0.717, 1.165) is 38.5 Å². The molecule has 0 bridgehead atoms. The van der Waals surface area contributed by atoms with Crippen molar-refractivity contribution in [1.29, 1.82) is 0 Å². The average Bonchev–Trinajstić information content (AvgIpc) is 2.73. The Hall–Kier alpha value is -0.910. The maximum absolute atomic E-state index is 5.46. The standard InChI is InChI=1S/C14H27N3O2/c1-12-16-11-13(10-15-7-9-18-4)17(12)8-6-14(2,3)19-5/h11,15H,6-10H2,1-5H3. The van der Waals surface area contributed by atoms with Gasteiger partial charge in [0.15, 0.2) is 0 Å². The van der Waals surface area contributed by atoms with Gasteiger partial charge in [-0.15, -0.1) is 0 Å². The molecule has 19 heavy (non-hydrogen) atoms. The highest BCUT2D eigenvalue weighted by Gasteiger charge is 2.17. The van der Waals surface area contributed by atoms with Gasteiger partial charge in [-0.3, -0.25) is 0 Å². The topological polar surface area (TPSA) is 48.3 Å². The van der Waals surface area contributed by atoms with Crippen molar-refractivity contribution in [2.24, 2.45) is 0 Å². The Kier molecular flexibility index (Phi) is 6.48. The van der Waals surface area contributed by atoms with Crippen LogP contribution in [0.25, 0.3) is 0 Å². The summed E-state index contributed by atoms with van der Waals surface area (Å²) in [6, 6.07) is 0. The van der Waals surface area contributed by atoms with E-state index in [0.29, 0.717) is 0 Å². The van der Waals surface area contributed by atoms with E-state index in [9.17, 15) is 0 Å². The first kappa shape index (κ1) is 16.1. The van der Waals surface area contributed by atoms with Crippen molar-refractivity contribution in [2.75, 3.05) is 27.4 Å². The number of aromatic nitrogens is 2. The van der Waals surface area contributed by atoms with E-state index in [4.69, 9.17) is 9.47 Å². The smallest absolute Gasteiger partial charge is 0.105 e. The molecule has 0 aliphatic heterocycles. The third-order valence-electron chi connectivity index (χ3n) is 3.42. The number of aryl methyl sites for hydroxylation is 1. The number of rotatable bonds is 9. The lowest BCUT2D eigenvalue weighted by Crippen LogP contribution is -2.26. The van der Waals surface area contributed by atoms with Gasteiger partial charge < -0.3 is 19.4 Å². The summed E-state index contributed by atoms with van der Waals surface area (Å²) >= 11 is 0. The third-order valence-corrected chi connectivity index (χ3v) is 3.42. The van der Waals surface area contributed by atoms with Crippen LogP contribution >= 0.6 is 0 Å². The number of methoxy groups -OCH3 is 2. The van der Waals surface area contributed by atoms with Crippen LogP contribution in [0.4, 0.5) is 0 Å². The van der Waals surface area contributed by atoms with Crippen molar-refractivity contribution in [2.45, 2.75) is 45.9 Å². The SMILES string of the molecule is COCCNCc1cnc(C)n1CCC(C)(C)OC. The molecule has 1 aromatic heterocycles. The van der Waals surface area contributed by atoms with Crippen LogP contribution in [0.1, 0.15) is 31.8 Å². The molecule has 0 spiro atoms. The van der Waals surface area contributed by atoms with Crippen LogP contribution in [0.15, 0.2) is 6.20 Å². The molecule has 5 heteroatoms. The Bertz CT molecular complexity index is 375. The van der Waals surface area contributed by atoms with Gasteiger partial charge in [0, 0.05) is 40.1 Å². The van der Waals surface area contributed by atoms with Crippen LogP contribution in [0.2, 0.25) is 0 Å². The summed E-state index contributed by atoms with van der Waals surface area (Å²) in [4.78, 5) is 4.39. The van der Waals surface area contributed by atoms with Crippen molar-refractivity contribution >= 4 is 0 Å². The average molecular weight is 269 g/mol. The zero-order valence-electron chi connectivity index (χ0n) is 12.8. The Morgan fingerprint density at radius 1 is 1.37 bits per heavy atom. The summed E-state index contributed by atoms with van der Waals surface area (Å²) in [5, 5.41) is 3.35. The lowest BCUT2D eigenvalue weighted by Gasteiger charge is -2.24. The van der Waals surface area contributed by atoms with Crippen molar-refractivity contribution in [3.8, 4) is 0 Å². The molecule has 1 N–H and O–H groups in total. The molecule has 110 valence electrons. The first-order valence-corrected chi connectivity index (χ1v) is 6.76. The minimum absolute atomic E-state index is 0.0997. The highest BCUT2D eigenvalue weighted by atomic mass is 16.5. The molecule has 0 saturated carbocycles. The molecular formula is C14H27N3O2. The predicted molar refractivity (Wildman–Crippen MR) is 76.3 cm³/mol. The van der Waals surface area contributed by atoms with Gasteiger partial charge in [-0.2, -0.15) is 0 Å². The number of imidazole rings is 1. The Morgan fingerprint density at radius 2 is 2.11 bits per heavy atom. The molecule has 0 fully saturated rings. The van der Waals surface area contributed by atoms with E-state index < -0.39 is 0 Å². The molecule has 0 aliphatic carbocycles. The number of hydrogen-bond donors (Lipinski definition) is 1. The van der Waals surface area contributed by atoms with Gasteiger partial charge in [0.25, 0.3) is 0 Å². The summed E-state index contributed by atoms with van der Waals surface area (Å²) in [6.45, 7) is 9.57. The molecule has 0 aromatic carbocycles. The van der Waals surface area contributed by atoms with Gasteiger partial charge in [-0.1, -0.05) is 0 Å². The summed E-state index contributed by atoms with van der Waals surface area (Å²) in [5.74, 6) is 1.05. The van der Waals surface area contributed by atoms with Gasteiger partial charge in [-0.05, 0) is 27.2 Å². The number of hydrogen-bond acceptors (Lipinski definition) is 4. The molecular weight excluding hydrogens is 242 g/mol. The van der Waals surface area contributed by atoms with Gasteiger partial charge in [0.1, 0.15) is 5.82 Å². The molecule has 0 atom stereocenters. The number of nitrogens with zero attached hydrogens (tertiary/aromatic N) is 2. The maximum atomic E-state index is 5.46. The molecule has 5 nitrogen and oxygen atoms in total. The van der Waals surface area contributed by atoms with Crippen molar-refractivity contribution in [1.82, 2.24) is 14.9 Å². The second kappa shape index (κ2) is 7.62. The minimum atomic E-state index is -0.0997. The second-order valence-corrected chi connectivity index (χ2v) is 5.33. The Balaban J connectivity index is 2.54. The van der Waals surface area contributed by atoms with Crippen LogP contribution in [0, 0.1) is 6.92 Å². The van der Waals surface area contributed by atoms with Crippen LogP contribution in [0.5, 0.6) is 0 Å². The van der Waals surface area contributed by atoms with E-state index in [1.165, 1.54) is 5.69 Å². The Morgan fingerprint density at radius 3 is 2.74 bits per heavy atom. The number of nitrogens with one attached hydrogen (secondary N) is 1. The molecule has 0 saturated heterocycles. The monoisotopic (exact) mass is 269 g/mol. The van der Waals surface area contributed by atoms with E-state index in [1.54, 1.807) is 14.2 Å². The summed E-state index contributed by atoms with van der Waals surface area (Å²) in [5.41, 5.74) is 1.11. The van der Waals surface area contributed by atoms with Gasteiger partial charge in [0.2, 0.25) is 0 Å². The first-order valence-electron chi connectivity index (χ1n) is 6.76. The van der Waals surface area contributed by atoms with Crippen LogP contribution < -0.4 is 5.32 Å². The summed E-state index contributed by atoms with van der Waals surface area (Å²) < 4.78 is 12.7. The molecule has 1 rings (SSSR count). The van der Waals surface area contributed by atoms with Crippen LogP contribution in [-0.2, 0) is 22.6 Å². The van der Waals surface area contributed by atoms with Crippen LogP contribution in [0.3, 0.4) is 0 Å². The van der Waals surface area contributed by atoms with Gasteiger partial charge >= 0.3 is 0 Å². The van der Waals surface area contributed by atoms with Crippen molar-refractivity contribution in [3.63, 3.8) is 0 Å². The fourth-order valence-electron chi connectivity index (χ4n) is 1.84. The van der Waals surface area contributed by atoms with Crippen molar-refractivity contribution < 1.29 is 9.47 Å². The number of ether oxygens (including phenoxy) is 2. The second-order valence-electron chi connectivity index (χ2n) is 5.33. The van der Waals surface area contributed by atoms with E-state index >= 15 is 0 Å². The third kappa shape index (κ3) is 5.30. The van der Waals surface area contributed by atoms with Crippen LogP contribution in [-0.4, -0.2) is 42.5 Å². The molecule has 0 unspecified atom stereocenters. The van der Waals surface area contributed by atoms with E-state index in [-0.39, 0.29) is 5.60 Å².